The van der Waals surface area contributed by atoms with E-state index in [-0.39, 0.29) is 24.2 Å². The van der Waals surface area contributed by atoms with Gasteiger partial charge in [0, 0.05) is 62.8 Å². The molecule has 3 fully saturated rings. The smallest absolute Gasteiger partial charge is 0.379 e. The fourth-order valence-electron chi connectivity index (χ4n) is 5.34. The molecule has 1 amide bonds. The molecule has 1 saturated carbocycles. The van der Waals surface area contributed by atoms with Gasteiger partial charge in [-0.1, -0.05) is 0 Å². The van der Waals surface area contributed by atoms with E-state index in [1.165, 1.54) is 5.69 Å². The fraction of sp³-hybridized carbons (Fsp3) is 0.607. The molecule has 40 heavy (non-hydrogen) atoms. The predicted octanol–water partition coefficient (Wildman–Crippen LogP) is 4.17. The van der Waals surface area contributed by atoms with Crippen molar-refractivity contribution >= 4 is 29.0 Å². The van der Waals surface area contributed by atoms with Crippen LogP contribution < -0.4 is 15.5 Å². The Balaban J connectivity index is 1.25. The van der Waals surface area contributed by atoms with Gasteiger partial charge in [-0.25, -0.2) is 4.98 Å². The molecule has 0 atom stereocenters. The molecule has 218 valence electrons. The van der Waals surface area contributed by atoms with E-state index in [9.17, 15) is 18.0 Å². The molecule has 1 aliphatic carbocycles. The molecule has 2 aliphatic heterocycles. The van der Waals surface area contributed by atoms with Crippen molar-refractivity contribution in [3.8, 4) is 0 Å². The van der Waals surface area contributed by atoms with E-state index in [1.807, 2.05) is 6.07 Å². The third-order valence-corrected chi connectivity index (χ3v) is 7.55. The van der Waals surface area contributed by atoms with Crippen molar-refractivity contribution in [2.75, 3.05) is 82.1 Å². The topological polar surface area (TPSA) is 85.9 Å². The number of rotatable bonds is 11. The minimum atomic E-state index is -4.60. The third-order valence-electron chi connectivity index (χ3n) is 7.55. The summed E-state index contributed by atoms with van der Waals surface area (Å²) in [5.41, 5.74) is 2.23. The lowest BCUT2D eigenvalue weighted by atomic mass is 9.97. The van der Waals surface area contributed by atoms with Crippen LogP contribution in [0, 0.1) is 5.92 Å². The second-order valence-electron chi connectivity index (χ2n) is 11.2. The molecule has 0 unspecified atom stereocenters. The lowest BCUT2D eigenvalue weighted by molar-refractivity contribution is -0.137. The van der Waals surface area contributed by atoms with Crippen molar-refractivity contribution in [1.29, 1.82) is 0 Å². The van der Waals surface area contributed by atoms with Crippen LogP contribution in [0.1, 0.15) is 42.7 Å². The van der Waals surface area contributed by atoms with Crippen molar-refractivity contribution in [2.45, 2.75) is 37.8 Å². The van der Waals surface area contributed by atoms with Crippen molar-refractivity contribution < 1.29 is 22.7 Å². The minimum absolute atomic E-state index is 0.00183. The number of halogens is 3. The van der Waals surface area contributed by atoms with Gasteiger partial charge < -0.3 is 30.1 Å². The Kier molecular flexibility index (Phi) is 8.65. The summed E-state index contributed by atoms with van der Waals surface area (Å²) in [5.74, 6) is 0.928. The van der Waals surface area contributed by atoms with Crippen LogP contribution in [0.5, 0.6) is 0 Å². The molecule has 1 aromatic heterocycles. The van der Waals surface area contributed by atoms with Crippen LogP contribution >= 0.6 is 0 Å². The Labute approximate surface area is 233 Å². The first kappa shape index (κ1) is 28.4. The maximum absolute atomic E-state index is 13.7. The Bertz CT molecular complexity index is 1180. The van der Waals surface area contributed by atoms with Gasteiger partial charge in [-0.3, -0.25) is 4.79 Å². The average molecular weight is 562 g/mol. The van der Waals surface area contributed by atoms with Gasteiger partial charge in [-0.05, 0) is 63.0 Å². The van der Waals surface area contributed by atoms with E-state index in [1.54, 1.807) is 4.90 Å². The molecule has 2 aromatic rings. The Hall–Kier alpha value is -3.12. The number of carbonyl (C=O) groups is 1. The van der Waals surface area contributed by atoms with Gasteiger partial charge >= 0.3 is 6.18 Å². The first-order valence-corrected chi connectivity index (χ1v) is 14.0. The van der Waals surface area contributed by atoms with Crippen LogP contribution in [-0.2, 0) is 15.7 Å². The maximum Gasteiger partial charge on any atom is 0.421 e. The van der Waals surface area contributed by atoms with Gasteiger partial charge in [0.1, 0.15) is 11.4 Å². The van der Waals surface area contributed by atoms with Crippen molar-refractivity contribution in [3.63, 3.8) is 0 Å². The number of carbonyl (C=O) groups excluding carboxylic acids is 1. The van der Waals surface area contributed by atoms with Crippen LogP contribution in [0.25, 0.3) is 0 Å². The Morgan fingerprint density at radius 1 is 1.18 bits per heavy atom. The second kappa shape index (κ2) is 12.2. The highest BCUT2D eigenvalue weighted by Gasteiger charge is 2.36. The Morgan fingerprint density at radius 2 is 1.98 bits per heavy atom. The average Bonchev–Trinajstić information content (AvgIpc) is 3.73. The van der Waals surface area contributed by atoms with E-state index in [0.29, 0.717) is 51.0 Å². The number of nitrogens with one attached hydrogen (secondary N) is 2. The SMILES string of the molecule is CN(C)CC1CN(c2ccc(Nc3ncc(C(F)(F)F)c(NCCCN4CCOCCC4=O)n3)c(C3CC3)c2)C1. The number of amides is 1. The summed E-state index contributed by atoms with van der Waals surface area (Å²) >= 11 is 0. The molecule has 9 nitrogen and oxygen atoms in total. The quantitative estimate of drug-likeness (QED) is 0.396. The van der Waals surface area contributed by atoms with Crippen molar-refractivity contribution in [2.24, 2.45) is 5.92 Å². The molecule has 5 rings (SSSR count). The molecule has 1 aromatic carbocycles. The maximum atomic E-state index is 13.7. The van der Waals surface area contributed by atoms with E-state index in [0.717, 1.165) is 49.9 Å². The number of aromatic nitrogens is 2. The highest BCUT2D eigenvalue weighted by Crippen LogP contribution is 2.46. The first-order valence-electron chi connectivity index (χ1n) is 14.0. The van der Waals surface area contributed by atoms with E-state index in [2.05, 4.69) is 56.6 Å². The monoisotopic (exact) mass is 561 g/mol. The molecule has 0 radical (unpaired) electrons. The molecule has 0 bridgehead atoms. The van der Waals surface area contributed by atoms with E-state index < -0.39 is 11.7 Å². The van der Waals surface area contributed by atoms with Gasteiger partial charge in [0.05, 0.1) is 19.6 Å². The lowest BCUT2D eigenvalue weighted by Gasteiger charge is -2.42. The summed E-state index contributed by atoms with van der Waals surface area (Å²) in [6.07, 6.45) is -0.785. The van der Waals surface area contributed by atoms with E-state index >= 15 is 0 Å². The normalized spacial score (nSPS) is 18.6. The van der Waals surface area contributed by atoms with Crippen LogP contribution in [-0.4, -0.2) is 92.3 Å². The van der Waals surface area contributed by atoms with Gasteiger partial charge in [0.2, 0.25) is 11.9 Å². The minimum Gasteiger partial charge on any atom is -0.379 e. The van der Waals surface area contributed by atoms with Gasteiger partial charge in [0.25, 0.3) is 0 Å². The number of ether oxygens (including phenoxy) is 1. The summed E-state index contributed by atoms with van der Waals surface area (Å²) in [7, 11) is 4.18. The predicted molar refractivity (Wildman–Crippen MR) is 148 cm³/mol. The van der Waals surface area contributed by atoms with Crippen LogP contribution in [0.2, 0.25) is 0 Å². The van der Waals surface area contributed by atoms with Crippen LogP contribution in [0.4, 0.5) is 36.3 Å². The zero-order valence-corrected chi connectivity index (χ0v) is 23.1. The number of benzene rings is 1. The Morgan fingerprint density at radius 3 is 2.70 bits per heavy atom. The lowest BCUT2D eigenvalue weighted by Crippen LogP contribution is -2.50. The molecular formula is C28H38F3N7O2. The third kappa shape index (κ3) is 7.14. The molecule has 3 aliphatic rings. The van der Waals surface area contributed by atoms with Crippen LogP contribution in [0.3, 0.4) is 0 Å². The number of alkyl halides is 3. The summed E-state index contributed by atoms with van der Waals surface area (Å²) in [4.78, 5) is 26.6. The summed E-state index contributed by atoms with van der Waals surface area (Å²) < 4.78 is 46.5. The van der Waals surface area contributed by atoms with Gasteiger partial charge in [-0.2, -0.15) is 18.2 Å². The van der Waals surface area contributed by atoms with Gasteiger partial charge in [-0.15, -0.1) is 0 Å². The summed E-state index contributed by atoms with van der Waals surface area (Å²) in [5, 5.41) is 6.02. The number of nitrogens with zero attached hydrogens (tertiary/aromatic N) is 5. The highest BCUT2D eigenvalue weighted by atomic mass is 19.4. The van der Waals surface area contributed by atoms with Crippen LogP contribution in [0.15, 0.2) is 24.4 Å². The molecule has 3 heterocycles. The second-order valence-corrected chi connectivity index (χ2v) is 11.2. The zero-order valence-electron chi connectivity index (χ0n) is 23.1. The number of hydrogen-bond acceptors (Lipinski definition) is 8. The summed E-state index contributed by atoms with van der Waals surface area (Å²) in [6.45, 7) is 5.14. The largest absolute Gasteiger partial charge is 0.421 e. The van der Waals surface area contributed by atoms with Crippen molar-refractivity contribution in [3.05, 3.63) is 35.5 Å². The zero-order chi connectivity index (χ0) is 28.3. The molecule has 0 spiro atoms. The first-order chi connectivity index (χ1) is 19.2. The van der Waals surface area contributed by atoms with Crippen molar-refractivity contribution in [1.82, 2.24) is 19.8 Å². The fourth-order valence-corrected chi connectivity index (χ4v) is 5.34. The molecule has 2 saturated heterocycles. The summed E-state index contributed by atoms with van der Waals surface area (Å²) in [6, 6.07) is 6.24. The molecule has 12 heteroatoms. The van der Waals surface area contributed by atoms with E-state index in [4.69, 9.17) is 4.74 Å². The standard InChI is InChI=1S/C28H38F3N7O2/c1-36(2)16-19-17-38(18-19)21-6-7-24(22(14-21)20-4-5-20)34-27-33-15-23(28(29,30)31)26(35-27)32-9-3-10-37-11-13-40-12-8-25(37)39/h6-7,14-15,19-20H,3-5,8-13,16-18H2,1-2H3,(H2,32,33,34,35). The molecule has 2 N–H and O–H groups in total. The number of hydrogen-bond donors (Lipinski definition) is 2. The molecular weight excluding hydrogens is 523 g/mol. The highest BCUT2D eigenvalue weighted by molar-refractivity contribution is 5.76. The number of anilines is 4. The van der Waals surface area contributed by atoms with Gasteiger partial charge in [0.15, 0.2) is 0 Å².